The fourth-order valence-corrected chi connectivity index (χ4v) is 0.517. The molecule has 0 amide bonds. The largest absolute Gasteiger partial charge is 0.469 e. The molecular weight excluding hydrogens is 178 g/mol. The van der Waals surface area contributed by atoms with E-state index in [4.69, 9.17) is 5.73 Å². The van der Waals surface area contributed by atoms with Gasteiger partial charge in [-0.2, -0.15) is 5.10 Å². The molecule has 0 rings (SSSR count). The molecule has 0 heterocycles. The minimum Gasteiger partial charge on any atom is -0.469 e. The molecule has 12 heavy (non-hydrogen) atoms. The number of esters is 1. The predicted molar refractivity (Wildman–Crippen MR) is 49.7 cm³/mol. The third kappa shape index (κ3) is 5.60. The van der Waals surface area contributed by atoms with Gasteiger partial charge in [-0.05, 0) is 19.1 Å². The summed E-state index contributed by atoms with van der Waals surface area (Å²) in [7, 11) is 1.32. The molecule has 0 aliphatic rings. The highest BCUT2D eigenvalue weighted by Crippen LogP contribution is 1.87. The van der Waals surface area contributed by atoms with Crippen LogP contribution in [0.15, 0.2) is 5.10 Å². The minimum absolute atomic E-state index is 0.0687. The molecule has 68 valence electrons. The van der Waals surface area contributed by atoms with Crippen LogP contribution in [0.25, 0.3) is 0 Å². The maximum atomic E-state index is 10.7. The van der Waals surface area contributed by atoms with E-state index in [1.807, 2.05) is 0 Å². The molecule has 5 nitrogen and oxygen atoms in total. The van der Waals surface area contributed by atoms with Crippen LogP contribution in [0.4, 0.5) is 0 Å². The van der Waals surface area contributed by atoms with Crippen molar-refractivity contribution in [2.75, 3.05) is 7.11 Å². The minimum atomic E-state index is -0.346. The van der Waals surface area contributed by atoms with Crippen LogP contribution < -0.4 is 11.2 Å². The molecule has 0 spiro atoms. The lowest BCUT2D eigenvalue weighted by atomic mass is 10.3. The van der Waals surface area contributed by atoms with Gasteiger partial charge in [-0.15, -0.1) is 0 Å². The summed E-state index contributed by atoms with van der Waals surface area (Å²) in [5.74, 6) is -0.346. The van der Waals surface area contributed by atoms with Gasteiger partial charge in [0.05, 0.1) is 13.5 Å². The monoisotopic (exact) mass is 189 g/mol. The van der Waals surface area contributed by atoms with E-state index < -0.39 is 0 Å². The summed E-state index contributed by atoms with van der Waals surface area (Å²) in [5.41, 5.74) is 8.03. The number of carbonyl (C=O) groups excluding carboxylic acids is 1. The fourth-order valence-electron chi connectivity index (χ4n) is 0.471. The lowest BCUT2D eigenvalue weighted by Crippen LogP contribution is -2.25. The van der Waals surface area contributed by atoms with Crippen LogP contribution in [-0.4, -0.2) is 23.9 Å². The van der Waals surface area contributed by atoms with E-state index in [1.54, 1.807) is 6.92 Å². The number of hydrogen-bond acceptors (Lipinski definition) is 4. The first-order valence-corrected chi connectivity index (χ1v) is 3.62. The Balaban J connectivity index is 3.85. The summed E-state index contributed by atoms with van der Waals surface area (Å²) in [6.07, 6.45) is 0.131. The molecule has 0 saturated carbocycles. The first-order chi connectivity index (χ1) is 5.56. The van der Waals surface area contributed by atoms with E-state index in [0.29, 0.717) is 5.71 Å². The highest BCUT2D eigenvalue weighted by molar-refractivity contribution is 7.80. The van der Waals surface area contributed by atoms with Gasteiger partial charge in [0.1, 0.15) is 0 Å². The van der Waals surface area contributed by atoms with Gasteiger partial charge in [0.2, 0.25) is 0 Å². The normalized spacial score (nSPS) is 10.7. The van der Waals surface area contributed by atoms with Crippen molar-refractivity contribution >= 4 is 29.0 Å². The maximum absolute atomic E-state index is 10.7. The number of nitrogens with zero attached hydrogens (tertiary/aromatic N) is 1. The average molecular weight is 189 g/mol. The SMILES string of the molecule is COC(=O)C/C(C)=N/NC(N)=S. The Labute approximate surface area is 76.0 Å². The molecule has 0 atom stereocenters. The summed E-state index contributed by atoms with van der Waals surface area (Å²) in [6, 6.07) is 0. The number of thiocarbonyl (C=S) groups is 1. The molecule has 0 aromatic rings. The summed E-state index contributed by atoms with van der Waals surface area (Å²) in [4.78, 5) is 10.7. The summed E-state index contributed by atoms with van der Waals surface area (Å²) >= 11 is 4.50. The molecular formula is C6H11N3O2S. The molecule has 0 bridgehead atoms. The standard InChI is InChI=1S/C6H11N3O2S/c1-4(3-5(10)11-2)8-9-6(7)12/h3H2,1-2H3,(H3,7,9,12)/b8-4+. The number of hydrogen-bond donors (Lipinski definition) is 2. The average Bonchev–Trinajstić information content (AvgIpc) is 2.00. The topological polar surface area (TPSA) is 76.7 Å². The van der Waals surface area contributed by atoms with E-state index >= 15 is 0 Å². The smallest absolute Gasteiger partial charge is 0.311 e. The number of nitrogens with two attached hydrogens (primary N) is 1. The second-order valence-electron chi connectivity index (χ2n) is 2.08. The van der Waals surface area contributed by atoms with Crippen molar-refractivity contribution in [2.24, 2.45) is 10.8 Å². The first-order valence-electron chi connectivity index (χ1n) is 3.21. The molecule has 0 fully saturated rings. The molecule has 0 aromatic heterocycles. The van der Waals surface area contributed by atoms with Crippen molar-refractivity contribution < 1.29 is 9.53 Å². The zero-order valence-electron chi connectivity index (χ0n) is 6.96. The van der Waals surface area contributed by atoms with Crippen LogP contribution >= 0.6 is 12.2 Å². The van der Waals surface area contributed by atoms with E-state index in [9.17, 15) is 4.79 Å². The number of methoxy groups -OCH3 is 1. The molecule has 3 N–H and O–H groups in total. The Bertz CT molecular complexity index is 215. The number of ether oxygens (including phenoxy) is 1. The van der Waals surface area contributed by atoms with Crippen LogP contribution in [-0.2, 0) is 9.53 Å². The third-order valence-corrected chi connectivity index (χ3v) is 1.08. The van der Waals surface area contributed by atoms with Crippen LogP contribution in [0.1, 0.15) is 13.3 Å². The van der Waals surface area contributed by atoms with Gasteiger partial charge < -0.3 is 10.5 Å². The highest BCUT2D eigenvalue weighted by atomic mass is 32.1. The maximum Gasteiger partial charge on any atom is 0.311 e. The Morgan fingerprint density at radius 2 is 2.33 bits per heavy atom. The first kappa shape index (κ1) is 10.8. The van der Waals surface area contributed by atoms with Crippen molar-refractivity contribution in [3.8, 4) is 0 Å². The molecule has 0 aliphatic carbocycles. The van der Waals surface area contributed by atoms with Gasteiger partial charge in [-0.1, -0.05) is 0 Å². The lowest BCUT2D eigenvalue weighted by molar-refractivity contribution is -0.139. The number of hydrazone groups is 1. The van der Waals surface area contributed by atoms with Crippen LogP contribution in [0.5, 0.6) is 0 Å². The van der Waals surface area contributed by atoms with E-state index in [-0.39, 0.29) is 17.5 Å². The molecule has 0 aliphatic heterocycles. The van der Waals surface area contributed by atoms with Crippen molar-refractivity contribution in [3.05, 3.63) is 0 Å². The van der Waals surface area contributed by atoms with Crippen molar-refractivity contribution in [1.82, 2.24) is 5.43 Å². The zero-order valence-corrected chi connectivity index (χ0v) is 7.77. The number of carbonyl (C=O) groups is 1. The van der Waals surface area contributed by atoms with E-state index in [2.05, 4.69) is 27.5 Å². The van der Waals surface area contributed by atoms with Crippen molar-refractivity contribution in [3.63, 3.8) is 0 Å². The third-order valence-electron chi connectivity index (χ3n) is 0.985. The second-order valence-corrected chi connectivity index (χ2v) is 2.52. The van der Waals surface area contributed by atoms with E-state index in [1.165, 1.54) is 7.11 Å². The molecule has 6 heteroatoms. The summed E-state index contributed by atoms with van der Waals surface area (Å²) < 4.78 is 4.42. The summed E-state index contributed by atoms with van der Waals surface area (Å²) in [6.45, 7) is 1.67. The van der Waals surface area contributed by atoms with Gasteiger partial charge in [-0.3, -0.25) is 10.2 Å². The van der Waals surface area contributed by atoms with Crippen LogP contribution in [0.2, 0.25) is 0 Å². The number of rotatable bonds is 3. The Kier molecular flexibility index (Phi) is 4.94. The molecule has 0 aromatic carbocycles. The predicted octanol–water partition coefficient (Wildman–Crippen LogP) is -0.241. The van der Waals surface area contributed by atoms with Crippen LogP contribution in [0.3, 0.4) is 0 Å². The highest BCUT2D eigenvalue weighted by Gasteiger charge is 2.01. The lowest BCUT2D eigenvalue weighted by Gasteiger charge is -1.99. The van der Waals surface area contributed by atoms with Crippen LogP contribution in [0, 0.1) is 0 Å². The fraction of sp³-hybridized carbons (Fsp3) is 0.500. The van der Waals surface area contributed by atoms with Crippen molar-refractivity contribution in [2.45, 2.75) is 13.3 Å². The van der Waals surface area contributed by atoms with Crippen molar-refractivity contribution in [1.29, 1.82) is 0 Å². The number of nitrogens with one attached hydrogen (secondary N) is 1. The quantitative estimate of drug-likeness (QED) is 0.277. The molecule has 0 radical (unpaired) electrons. The Hall–Kier alpha value is -1.17. The summed E-state index contributed by atoms with van der Waals surface area (Å²) in [5, 5.41) is 3.78. The van der Waals surface area contributed by atoms with E-state index in [0.717, 1.165) is 0 Å². The Morgan fingerprint density at radius 1 is 1.75 bits per heavy atom. The van der Waals surface area contributed by atoms with Gasteiger partial charge in [-0.25, -0.2) is 0 Å². The molecule has 0 saturated heterocycles. The van der Waals surface area contributed by atoms with Gasteiger partial charge in [0.25, 0.3) is 0 Å². The second kappa shape index (κ2) is 5.48. The van der Waals surface area contributed by atoms with Gasteiger partial charge >= 0.3 is 5.97 Å². The zero-order chi connectivity index (χ0) is 9.56. The Morgan fingerprint density at radius 3 is 2.75 bits per heavy atom. The molecule has 0 unspecified atom stereocenters. The van der Waals surface area contributed by atoms with Gasteiger partial charge in [0, 0.05) is 5.71 Å². The van der Waals surface area contributed by atoms with Gasteiger partial charge in [0.15, 0.2) is 5.11 Å².